The fraction of sp³-hybridized carbons (Fsp3) is 0.619. The molecule has 3 N–H and O–H groups in total. The van der Waals surface area contributed by atoms with Crippen LogP contribution in [0.1, 0.15) is 49.2 Å². The van der Waals surface area contributed by atoms with Gasteiger partial charge in [0, 0.05) is 20.0 Å². The van der Waals surface area contributed by atoms with Crippen LogP contribution in [0, 0.1) is 11.7 Å². The highest BCUT2D eigenvalue weighted by molar-refractivity contribution is 5.79. The monoisotopic (exact) mass is 494 g/mol. The summed E-state index contributed by atoms with van der Waals surface area (Å²) in [5.74, 6) is -3.91. The average molecular weight is 494 g/mol. The van der Waals surface area contributed by atoms with Crippen molar-refractivity contribution >= 4 is 17.1 Å². The van der Waals surface area contributed by atoms with Gasteiger partial charge in [-0.15, -0.1) is 0 Å². The van der Waals surface area contributed by atoms with E-state index in [0.29, 0.717) is 0 Å². The van der Waals surface area contributed by atoms with Crippen molar-refractivity contribution < 1.29 is 40.3 Å². The molecule has 4 rings (SSSR count). The number of hydrogen-bond donors (Lipinski definition) is 2. The third-order valence-electron chi connectivity index (χ3n) is 6.46. The molecule has 188 valence electrons. The van der Waals surface area contributed by atoms with Crippen molar-refractivity contribution in [2.45, 2.75) is 55.9 Å². The van der Waals surface area contributed by atoms with Crippen molar-refractivity contribution in [3.63, 3.8) is 0 Å². The average Bonchev–Trinajstić information content (AvgIpc) is 3.35. The first-order chi connectivity index (χ1) is 15.9. The molecule has 2 aromatic rings. The standard InChI is InChI=1S/C21H24F6N4O3/c1-33-9-14(31-8-15(21(25,26)27)30-19(31)32)11-6-12(22)17-13(7-11)29-18(34-17)16(28)10-2-4-20(23,24)5-3-10/h6-7,10,14-16H,2-5,8-9,28H2,1H3,(H,30,32)/t14-,15+,16?/m1/s1. The van der Waals surface area contributed by atoms with Crippen molar-refractivity contribution in [2.24, 2.45) is 11.7 Å². The summed E-state index contributed by atoms with van der Waals surface area (Å²) < 4.78 is 91.7. The molecule has 1 unspecified atom stereocenters. The minimum absolute atomic E-state index is 0.0133. The zero-order valence-electron chi connectivity index (χ0n) is 18.2. The van der Waals surface area contributed by atoms with Gasteiger partial charge in [0.1, 0.15) is 11.6 Å². The number of nitrogens with zero attached hydrogens (tertiary/aromatic N) is 2. The Morgan fingerprint density at radius 3 is 2.59 bits per heavy atom. The highest BCUT2D eigenvalue weighted by Crippen LogP contribution is 2.41. The molecule has 1 saturated heterocycles. The van der Waals surface area contributed by atoms with Gasteiger partial charge in [-0.1, -0.05) is 0 Å². The number of aromatic nitrogens is 1. The van der Waals surface area contributed by atoms with E-state index >= 15 is 0 Å². The summed E-state index contributed by atoms with van der Waals surface area (Å²) >= 11 is 0. The van der Waals surface area contributed by atoms with Crippen LogP contribution >= 0.6 is 0 Å². The molecule has 34 heavy (non-hydrogen) atoms. The molecule has 1 aliphatic heterocycles. The number of urea groups is 1. The van der Waals surface area contributed by atoms with Gasteiger partial charge in [0.05, 0.1) is 25.2 Å². The molecule has 2 amide bonds. The number of fused-ring (bicyclic) bond motifs is 1. The van der Waals surface area contributed by atoms with Gasteiger partial charge >= 0.3 is 12.2 Å². The second-order valence-electron chi connectivity index (χ2n) is 8.79. The van der Waals surface area contributed by atoms with Crippen LogP contribution in [0.2, 0.25) is 0 Å². The van der Waals surface area contributed by atoms with Gasteiger partial charge in [0.15, 0.2) is 11.4 Å². The molecule has 0 spiro atoms. The lowest BCUT2D eigenvalue weighted by molar-refractivity contribution is -0.150. The highest BCUT2D eigenvalue weighted by atomic mass is 19.4. The summed E-state index contributed by atoms with van der Waals surface area (Å²) in [6.07, 6.45) is -4.92. The molecule has 1 aromatic heterocycles. The number of alkyl halides is 5. The van der Waals surface area contributed by atoms with E-state index in [2.05, 4.69) is 4.98 Å². The number of nitrogens with one attached hydrogen (secondary N) is 1. The minimum Gasteiger partial charge on any atom is -0.436 e. The lowest BCUT2D eigenvalue weighted by Crippen LogP contribution is -2.40. The molecule has 2 heterocycles. The van der Waals surface area contributed by atoms with Crippen LogP contribution < -0.4 is 11.1 Å². The van der Waals surface area contributed by atoms with E-state index in [0.717, 1.165) is 11.0 Å². The molecule has 2 aliphatic rings. The van der Waals surface area contributed by atoms with Gasteiger partial charge in [-0.25, -0.2) is 22.9 Å². The predicted octanol–water partition coefficient (Wildman–Crippen LogP) is 4.44. The lowest BCUT2D eigenvalue weighted by Gasteiger charge is -2.30. The quantitative estimate of drug-likeness (QED) is 0.580. The number of benzene rings is 1. The van der Waals surface area contributed by atoms with E-state index in [4.69, 9.17) is 14.9 Å². The SMILES string of the molecule is COC[C@H](c1cc(F)c2oc(C(N)C3CCC(F)(F)CC3)nc2c1)N1C[C@@H](C(F)(F)F)NC1=O. The Labute approximate surface area is 190 Å². The van der Waals surface area contributed by atoms with Crippen molar-refractivity contribution in [2.75, 3.05) is 20.3 Å². The van der Waals surface area contributed by atoms with Crippen LogP contribution in [0.3, 0.4) is 0 Å². The number of nitrogens with two attached hydrogens (primary N) is 1. The predicted molar refractivity (Wildman–Crippen MR) is 107 cm³/mol. The van der Waals surface area contributed by atoms with E-state index in [1.807, 2.05) is 5.32 Å². The van der Waals surface area contributed by atoms with Crippen molar-refractivity contribution in [1.29, 1.82) is 0 Å². The Morgan fingerprint density at radius 1 is 1.32 bits per heavy atom. The molecule has 2 fully saturated rings. The van der Waals surface area contributed by atoms with Gasteiger partial charge in [-0.3, -0.25) is 0 Å². The van der Waals surface area contributed by atoms with Crippen LogP contribution in [0.5, 0.6) is 0 Å². The molecule has 0 radical (unpaired) electrons. The van der Waals surface area contributed by atoms with E-state index < -0.39 is 48.6 Å². The second-order valence-corrected chi connectivity index (χ2v) is 8.79. The Balaban J connectivity index is 1.61. The molecule has 1 saturated carbocycles. The van der Waals surface area contributed by atoms with Gasteiger partial charge in [-0.05, 0) is 36.5 Å². The molecular formula is C21H24F6N4O3. The van der Waals surface area contributed by atoms with Gasteiger partial charge in [-0.2, -0.15) is 13.2 Å². The first-order valence-electron chi connectivity index (χ1n) is 10.8. The Kier molecular flexibility index (Phi) is 6.44. The van der Waals surface area contributed by atoms with E-state index in [9.17, 15) is 31.1 Å². The van der Waals surface area contributed by atoms with Crippen LogP contribution in [0.15, 0.2) is 16.5 Å². The van der Waals surface area contributed by atoms with Crippen LogP contribution in [0.4, 0.5) is 31.1 Å². The van der Waals surface area contributed by atoms with Crippen molar-refractivity contribution in [3.8, 4) is 0 Å². The Hall–Kier alpha value is -2.54. The molecule has 7 nitrogen and oxygen atoms in total. The van der Waals surface area contributed by atoms with Gasteiger partial charge in [0.2, 0.25) is 11.8 Å². The Morgan fingerprint density at radius 2 is 2.00 bits per heavy atom. The summed E-state index contributed by atoms with van der Waals surface area (Å²) in [4.78, 5) is 17.4. The first-order valence-corrected chi connectivity index (χ1v) is 10.8. The van der Waals surface area contributed by atoms with Crippen molar-refractivity contribution in [3.05, 3.63) is 29.4 Å². The molecule has 3 atom stereocenters. The molecule has 1 aromatic carbocycles. The van der Waals surface area contributed by atoms with E-state index in [-0.39, 0.29) is 60.8 Å². The van der Waals surface area contributed by atoms with Crippen LogP contribution in [0.25, 0.3) is 11.1 Å². The number of rotatable bonds is 6. The number of oxazole rings is 1. The highest BCUT2D eigenvalue weighted by Gasteiger charge is 2.48. The smallest absolute Gasteiger partial charge is 0.410 e. The summed E-state index contributed by atoms with van der Waals surface area (Å²) in [5, 5.41) is 1.87. The van der Waals surface area contributed by atoms with Gasteiger partial charge < -0.3 is 25.1 Å². The van der Waals surface area contributed by atoms with Crippen LogP contribution in [-0.4, -0.2) is 54.3 Å². The fourth-order valence-electron chi connectivity index (χ4n) is 4.52. The number of hydrogen-bond acceptors (Lipinski definition) is 5. The summed E-state index contributed by atoms with van der Waals surface area (Å²) in [6, 6.07) is -2.43. The molecule has 13 heteroatoms. The number of carbonyl (C=O) groups excluding carboxylic acids is 1. The first kappa shape index (κ1) is 24.6. The van der Waals surface area contributed by atoms with Crippen LogP contribution in [-0.2, 0) is 4.74 Å². The number of halogens is 6. The van der Waals surface area contributed by atoms with E-state index in [1.165, 1.54) is 13.2 Å². The lowest BCUT2D eigenvalue weighted by atomic mass is 9.82. The molecule has 1 aliphatic carbocycles. The molecular weight excluding hydrogens is 470 g/mol. The zero-order chi connectivity index (χ0) is 24.8. The number of amides is 2. The maximum absolute atomic E-state index is 14.9. The second kappa shape index (κ2) is 8.91. The topological polar surface area (TPSA) is 93.6 Å². The largest absolute Gasteiger partial charge is 0.436 e. The normalized spacial score (nSPS) is 23.4. The zero-order valence-corrected chi connectivity index (χ0v) is 18.2. The maximum Gasteiger partial charge on any atom is 0.410 e. The maximum atomic E-state index is 14.9. The minimum atomic E-state index is -4.64. The third-order valence-corrected chi connectivity index (χ3v) is 6.46. The van der Waals surface area contributed by atoms with Crippen molar-refractivity contribution in [1.82, 2.24) is 15.2 Å². The Bertz CT molecular complexity index is 1050. The molecule has 0 bridgehead atoms. The summed E-state index contributed by atoms with van der Waals surface area (Å²) in [6.45, 7) is -0.860. The summed E-state index contributed by atoms with van der Waals surface area (Å²) in [7, 11) is 1.30. The number of carbonyl (C=O) groups is 1. The number of ether oxygens (including phenoxy) is 1. The van der Waals surface area contributed by atoms with Gasteiger partial charge in [0.25, 0.3) is 0 Å². The van der Waals surface area contributed by atoms with E-state index in [1.54, 1.807) is 0 Å². The number of methoxy groups -OCH3 is 1. The fourth-order valence-corrected chi connectivity index (χ4v) is 4.52. The summed E-state index contributed by atoms with van der Waals surface area (Å²) in [5.41, 5.74) is 6.18. The third kappa shape index (κ3) is 4.81.